The first kappa shape index (κ1) is 18.2. The van der Waals surface area contributed by atoms with Gasteiger partial charge in [-0.2, -0.15) is 0 Å². The fraction of sp³-hybridized carbons (Fsp3) is 0.136. The van der Waals surface area contributed by atoms with E-state index in [1.54, 1.807) is 12.1 Å². The van der Waals surface area contributed by atoms with Crippen molar-refractivity contribution in [1.82, 2.24) is 0 Å². The zero-order valence-electron chi connectivity index (χ0n) is 14.4. The highest BCUT2D eigenvalue weighted by Crippen LogP contribution is 2.15. The Morgan fingerprint density at radius 2 is 1.38 bits per heavy atom. The number of halogens is 1. The van der Waals surface area contributed by atoms with Gasteiger partial charge in [-0.05, 0) is 54.4 Å². The Labute approximate surface area is 161 Å². The van der Waals surface area contributed by atoms with Crippen LogP contribution in [0.3, 0.4) is 0 Å². The maximum Gasteiger partial charge on any atom is 0.338 e. The predicted octanol–water partition coefficient (Wildman–Crippen LogP) is 5.69. The molecule has 0 aliphatic rings. The molecule has 132 valence electrons. The van der Waals surface area contributed by atoms with Gasteiger partial charge in [-0.3, -0.25) is 0 Å². The maximum absolute atomic E-state index is 12.1. The summed E-state index contributed by atoms with van der Waals surface area (Å²) in [5, 5.41) is 0. The molecule has 0 bridgehead atoms. The van der Waals surface area contributed by atoms with E-state index in [-0.39, 0.29) is 12.6 Å². The Morgan fingerprint density at radius 1 is 0.808 bits per heavy atom. The average molecular weight is 411 g/mol. The first-order chi connectivity index (χ1) is 12.6. The molecule has 3 aromatic carbocycles. The van der Waals surface area contributed by atoms with Crippen molar-refractivity contribution >= 4 is 21.9 Å². The molecular weight excluding hydrogens is 392 g/mol. The molecule has 3 nitrogen and oxygen atoms in total. The van der Waals surface area contributed by atoms with Crippen LogP contribution in [0.5, 0.6) is 5.75 Å². The van der Waals surface area contributed by atoms with Gasteiger partial charge in [0.15, 0.2) is 0 Å². The molecule has 0 spiro atoms. The van der Waals surface area contributed by atoms with E-state index in [1.807, 2.05) is 67.6 Å². The van der Waals surface area contributed by atoms with Crippen LogP contribution in [0.25, 0.3) is 0 Å². The molecule has 0 aromatic heterocycles. The van der Waals surface area contributed by atoms with E-state index in [0.29, 0.717) is 12.2 Å². The lowest BCUT2D eigenvalue weighted by molar-refractivity contribution is 0.0472. The van der Waals surface area contributed by atoms with Gasteiger partial charge >= 0.3 is 5.97 Å². The first-order valence-corrected chi connectivity index (χ1v) is 9.09. The van der Waals surface area contributed by atoms with E-state index in [0.717, 1.165) is 21.3 Å². The number of aryl methyl sites for hydroxylation is 1. The van der Waals surface area contributed by atoms with Gasteiger partial charge in [-0.15, -0.1) is 0 Å². The summed E-state index contributed by atoms with van der Waals surface area (Å²) in [6.45, 7) is 2.75. The lowest BCUT2D eigenvalue weighted by Crippen LogP contribution is -2.05. The summed E-state index contributed by atoms with van der Waals surface area (Å²) in [5.74, 6) is 0.493. The number of ether oxygens (including phenoxy) is 2. The van der Waals surface area contributed by atoms with E-state index in [4.69, 9.17) is 9.47 Å². The van der Waals surface area contributed by atoms with Crippen molar-refractivity contribution in [1.29, 1.82) is 0 Å². The highest BCUT2D eigenvalue weighted by Gasteiger charge is 2.07. The molecule has 3 aromatic rings. The van der Waals surface area contributed by atoms with Crippen molar-refractivity contribution in [2.75, 3.05) is 0 Å². The minimum Gasteiger partial charge on any atom is -0.489 e. The largest absolute Gasteiger partial charge is 0.489 e. The fourth-order valence-electron chi connectivity index (χ4n) is 2.35. The Morgan fingerprint density at radius 3 is 2.04 bits per heavy atom. The van der Waals surface area contributed by atoms with Crippen LogP contribution in [0.2, 0.25) is 0 Å². The molecule has 0 saturated heterocycles. The van der Waals surface area contributed by atoms with E-state index in [9.17, 15) is 4.79 Å². The topological polar surface area (TPSA) is 35.5 Å². The number of rotatable bonds is 6. The van der Waals surface area contributed by atoms with Crippen LogP contribution < -0.4 is 4.74 Å². The summed E-state index contributed by atoms with van der Waals surface area (Å²) in [5.41, 5.74) is 3.67. The standard InChI is InChI=1S/C22H19BrO3/c1-16-2-12-21(13-3-16)25-14-17-4-8-19(9-5-17)22(24)26-15-18-6-10-20(23)11-7-18/h2-13H,14-15H2,1H3. The third-order valence-corrected chi connectivity index (χ3v) is 4.43. The first-order valence-electron chi connectivity index (χ1n) is 8.30. The number of hydrogen-bond acceptors (Lipinski definition) is 3. The molecular formula is C22H19BrO3. The summed E-state index contributed by atoms with van der Waals surface area (Å²) in [6.07, 6.45) is 0. The van der Waals surface area contributed by atoms with Crippen LogP contribution in [0, 0.1) is 6.92 Å². The third-order valence-electron chi connectivity index (χ3n) is 3.90. The average Bonchev–Trinajstić information content (AvgIpc) is 2.67. The quantitative estimate of drug-likeness (QED) is 0.489. The number of carbonyl (C=O) groups is 1. The summed E-state index contributed by atoms with van der Waals surface area (Å²) in [6, 6.07) is 22.9. The second kappa shape index (κ2) is 8.68. The van der Waals surface area contributed by atoms with E-state index >= 15 is 0 Å². The second-order valence-corrected chi connectivity index (χ2v) is 6.92. The van der Waals surface area contributed by atoms with Crippen molar-refractivity contribution in [3.05, 3.63) is 99.5 Å². The minimum atomic E-state index is -0.334. The number of carbonyl (C=O) groups excluding carboxylic acids is 1. The van der Waals surface area contributed by atoms with E-state index < -0.39 is 0 Å². The van der Waals surface area contributed by atoms with Gasteiger partial charge in [0.25, 0.3) is 0 Å². The molecule has 3 rings (SSSR count). The molecule has 0 amide bonds. The SMILES string of the molecule is Cc1ccc(OCc2ccc(C(=O)OCc3ccc(Br)cc3)cc2)cc1. The minimum absolute atomic E-state index is 0.254. The number of hydrogen-bond donors (Lipinski definition) is 0. The molecule has 26 heavy (non-hydrogen) atoms. The highest BCUT2D eigenvalue weighted by atomic mass is 79.9. The zero-order chi connectivity index (χ0) is 18.4. The highest BCUT2D eigenvalue weighted by molar-refractivity contribution is 9.10. The molecule has 0 radical (unpaired) electrons. The summed E-state index contributed by atoms with van der Waals surface area (Å²) < 4.78 is 12.1. The third kappa shape index (κ3) is 5.20. The van der Waals surface area contributed by atoms with Crippen molar-refractivity contribution in [3.63, 3.8) is 0 Å². The predicted molar refractivity (Wildman–Crippen MR) is 105 cm³/mol. The molecule has 0 atom stereocenters. The molecule has 0 aliphatic heterocycles. The number of benzene rings is 3. The van der Waals surface area contributed by atoms with Crippen molar-refractivity contribution < 1.29 is 14.3 Å². The maximum atomic E-state index is 12.1. The van der Waals surface area contributed by atoms with Crippen LogP contribution in [-0.2, 0) is 18.0 Å². The number of esters is 1. The summed E-state index contributed by atoms with van der Waals surface area (Å²) in [4.78, 5) is 12.1. The van der Waals surface area contributed by atoms with Crippen molar-refractivity contribution in [2.45, 2.75) is 20.1 Å². The smallest absolute Gasteiger partial charge is 0.338 e. The molecule has 0 aliphatic carbocycles. The van der Waals surface area contributed by atoms with Gasteiger partial charge in [0.05, 0.1) is 5.56 Å². The monoisotopic (exact) mass is 410 g/mol. The van der Waals surface area contributed by atoms with Crippen LogP contribution >= 0.6 is 15.9 Å². The molecule has 0 unspecified atom stereocenters. The second-order valence-electron chi connectivity index (χ2n) is 6.00. The van der Waals surface area contributed by atoms with E-state index in [1.165, 1.54) is 5.56 Å². The van der Waals surface area contributed by atoms with Gasteiger partial charge in [0, 0.05) is 4.47 Å². The molecule has 0 saturated carbocycles. The summed E-state index contributed by atoms with van der Waals surface area (Å²) >= 11 is 3.38. The van der Waals surface area contributed by atoms with Gasteiger partial charge in [0.2, 0.25) is 0 Å². The molecule has 0 heterocycles. The zero-order valence-corrected chi connectivity index (χ0v) is 16.0. The van der Waals surface area contributed by atoms with Crippen LogP contribution in [0.4, 0.5) is 0 Å². The van der Waals surface area contributed by atoms with Crippen LogP contribution in [-0.4, -0.2) is 5.97 Å². The lowest BCUT2D eigenvalue weighted by atomic mass is 10.1. The van der Waals surface area contributed by atoms with Crippen molar-refractivity contribution in [3.8, 4) is 5.75 Å². The van der Waals surface area contributed by atoms with Crippen molar-refractivity contribution in [2.24, 2.45) is 0 Å². The lowest BCUT2D eigenvalue weighted by Gasteiger charge is -2.08. The summed E-state index contributed by atoms with van der Waals surface area (Å²) in [7, 11) is 0. The molecule has 0 fully saturated rings. The van der Waals surface area contributed by atoms with Gasteiger partial charge in [-0.25, -0.2) is 4.79 Å². The van der Waals surface area contributed by atoms with Gasteiger partial charge in [0.1, 0.15) is 19.0 Å². The fourth-order valence-corrected chi connectivity index (χ4v) is 2.62. The van der Waals surface area contributed by atoms with Crippen LogP contribution in [0.1, 0.15) is 27.0 Å². The molecule has 4 heteroatoms. The Bertz CT molecular complexity index is 853. The van der Waals surface area contributed by atoms with Gasteiger partial charge in [-0.1, -0.05) is 57.9 Å². The molecule has 0 N–H and O–H groups in total. The van der Waals surface area contributed by atoms with E-state index in [2.05, 4.69) is 15.9 Å². The normalized spacial score (nSPS) is 10.4. The Kier molecular flexibility index (Phi) is 6.08. The van der Waals surface area contributed by atoms with Crippen LogP contribution in [0.15, 0.2) is 77.3 Å². The van der Waals surface area contributed by atoms with Gasteiger partial charge < -0.3 is 9.47 Å². The Hall–Kier alpha value is -2.59. The Balaban J connectivity index is 1.52.